The van der Waals surface area contributed by atoms with Crippen LogP contribution in [0.4, 0.5) is 10.5 Å². The topological polar surface area (TPSA) is 115 Å². The molecule has 4 rings (SSSR count). The van der Waals surface area contributed by atoms with Crippen LogP contribution < -0.4 is 16.4 Å². The number of carbonyl (C=O) groups is 2. The average molecular weight is 433 g/mol. The molecule has 0 bridgehead atoms. The van der Waals surface area contributed by atoms with Crippen LogP contribution in [0.25, 0.3) is 16.3 Å². The third kappa shape index (κ3) is 4.78. The SMILES string of the molecule is CC(NC(=O)c1csc(-c2cnn(-c3ccccc3)c2)n1)c1ccc(NC(N)=O)cc1. The number of rotatable bonds is 6. The summed E-state index contributed by atoms with van der Waals surface area (Å²) in [7, 11) is 0. The van der Waals surface area contributed by atoms with E-state index in [9.17, 15) is 9.59 Å². The number of nitrogens with zero attached hydrogens (tertiary/aromatic N) is 3. The third-order valence-corrected chi connectivity index (χ3v) is 5.50. The fourth-order valence-electron chi connectivity index (χ4n) is 3.02. The first-order valence-corrected chi connectivity index (χ1v) is 10.4. The van der Waals surface area contributed by atoms with Crippen LogP contribution >= 0.6 is 11.3 Å². The highest BCUT2D eigenvalue weighted by Crippen LogP contribution is 2.25. The van der Waals surface area contributed by atoms with E-state index in [1.165, 1.54) is 11.3 Å². The second-order valence-electron chi connectivity index (χ2n) is 6.85. The van der Waals surface area contributed by atoms with Crippen LogP contribution in [0.2, 0.25) is 0 Å². The Labute approximate surface area is 182 Å². The zero-order valence-corrected chi connectivity index (χ0v) is 17.5. The Balaban J connectivity index is 1.42. The fourth-order valence-corrected chi connectivity index (χ4v) is 3.79. The van der Waals surface area contributed by atoms with Gasteiger partial charge in [-0.2, -0.15) is 5.10 Å². The first-order chi connectivity index (χ1) is 15.0. The molecule has 31 heavy (non-hydrogen) atoms. The van der Waals surface area contributed by atoms with E-state index >= 15 is 0 Å². The molecule has 9 heteroatoms. The van der Waals surface area contributed by atoms with Crippen molar-refractivity contribution in [2.45, 2.75) is 13.0 Å². The van der Waals surface area contributed by atoms with Gasteiger partial charge in [0.15, 0.2) is 0 Å². The lowest BCUT2D eigenvalue weighted by atomic mass is 10.1. The molecule has 8 nitrogen and oxygen atoms in total. The summed E-state index contributed by atoms with van der Waals surface area (Å²) in [6.45, 7) is 1.88. The van der Waals surface area contributed by atoms with Crippen molar-refractivity contribution in [2.75, 3.05) is 5.32 Å². The molecule has 0 saturated heterocycles. The lowest BCUT2D eigenvalue weighted by Gasteiger charge is -2.14. The van der Waals surface area contributed by atoms with E-state index in [0.29, 0.717) is 11.4 Å². The molecule has 0 aliphatic rings. The van der Waals surface area contributed by atoms with E-state index in [1.54, 1.807) is 28.4 Å². The maximum absolute atomic E-state index is 12.7. The van der Waals surface area contributed by atoms with E-state index in [0.717, 1.165) is 21.8 Å². The lowest BCUT2D eigenvalue weighted by Crippen LogP contribution is -2.27. The molecule has 1 unspecified atom stereocenters. The number of amides is 3. The van der Waals surface area contributed by atoms with Gasteiger partial charge in [0.25, 0.3) is 5.91 Å². The Kier molecular flexibility index (Phi) is 5.76. The van der Waals surface area contributed by atoms with Gasteiger partial charge < -0.3 is 16.4 Å². The highest BCUT2D eigenvalue weighted by Gasteiger charge is 2.16. The van der Waals surface area contributed by atoms with Crippen LogP contribution in [-0.4, -0.2) is 26.7 Å². The van der Waals surface area contributed by atoms with Crippen LogP contribution in [0.5, 0.6) is 0 Å². The van der Waals surface area contributed by atoms with Gasteiger partial charge in [-0.15, -0.1) is 11.3 Å². The number of primary amides is 1. The Hall–Kier alpha value is -3.98. The molecule has 156 valence electrons. The van der Waals surface area contributed by atoms with Gasteiger partial charge >= 0.3 is 6.03 Å². The molecule has 0 spiro atoms. The standard InChI is InChI=1S/C22H20N6O2S/c1-14(15-7-9-17(10-8-15)26-22(23)30)25-20(29)19-13-31-21(27-19)16-11-24-28(12-16)18-5-3-2-4-6-18/h2-14H,1H3,(H,25,29)(H3,23,26,30). The third-order valence-electron chi connectivity index (χ3n) is 4.61. The molecule has 4 aromatic rings. The molecule has 3 amide bonds. The normalized spacial score (nSPS) is 11.6. The Morgan fingerprint density at radius 3 is 2.55 bits per heavy atom. The lowest BCUT2D eigenvalue weighted by molar-refractivity contribution is 0.0935. The molecule has 2 heterocycles. The van der Waals surface area contributed by atoms with Crippen molar-refractivity contribution in [3.05, 3.63) is 83.6 Å². The summed E-state index contributed by atoms with van der Waals surface area (Å²) in [6.07, 6.45) is 3.62. The molecule has 2 aromatic carbocycles. The number of nitrogens with one attached hydrogen (secondary N) is 2. The number of carbonyl (C=O) groups excluding carboxylic acids is 2. The van der Waals surface area contributed by atoms with Crippen molar-refractivity contribution in [3.8, 4) is 16.3 Å². The summed E-state index contributed by atoms with van der Waals surface area (Å²) in [5, 5.41) is 12.3. The van der Waals surface area contributed by atoms with Gasteiger partial charge in [-0.1, -0.05) is 30.3 Å². The van der Waals surface area contributed by atoms with Crippen molar-refractivity contribution >= 4 is 29.0 Å². The van der Waals surface area contributed by atoms with Crippen LogP contribution in [-0.2, 0) is 0 Å². The Bertz CT molecular complexity index is 1200. The van der Waals surface area contributed by atoms with Crippen molar-refractivity contribution in [1.29, 1.82) is 0 Å². The molecular weight excluding hydrogens is 412 g/mol. The molecule has 4 N–H and O–H groups in total. The molecule has 0 fully saturated rings. The highest BCUT2D eigenvalue weighted by molar-refractivity contribution is 7.13. The number of aromatic nitrogens is 3. The molecule has 2 aromatic heterocycles. The summed E-state index contributed by atoms with van der Waals surface area (Å²) in [6, 6.07) is 16.0. The van der Waals surface area contributed by atoms with Gasteiger partial charge in [0, 0.05) is 22.8 Å². The predicted molar refractivity (Wildman–Crippen MR) is 120 cm³/mol. The molecule has 1 atom stereocenters. The first-order valence-electron chi connectivity index (χ1n) is 9.53. The number of benzene rings is 2. The van der Waals surface area contributed by atoms with E-state index in [-0.39, 0.29) is 11.9 Å². The van der Waals surface area contributed by atoms with E-state index < -0.39 is 6.03 Å². The summed E-state index contributed by atoms with van der Waals surface area (Å²) in [5.74, 6) is -0.259. The van der Waals surface area contributed by atoms with Crippen LogP contribution in [0.1, 0.15) is 29.0 Å². The monoisotopic (exact) mass is 432 g/mol. The molecule has 0 saturated carbocycles. The van der Waals surface area contributed by atoms with Gasteiger partial charge in [0.2, 0.25) is 0 Å². The van der Waals surface area contributed by atoms with Gasteiger partial charge in [-0.05, 0) is 36.8 Å². The van der Waals surface area contributed by atoms with Crippen LogP contribution in [0.3, 0.4) is 0 Å². The molecular formula is C22H20N6O2S. The minimum Gasteiger partial charge on any atom is -0.351 e. The van der Waals surface area contributed by atoms with Crippen molar-refractivity contribution in [1.82, 2.24) is 20.1 Å². The second-order valence-corrected chi connectivity index (χ2v) is 7.71. The van der Waals surface area contributed by atoms with Gasteiger partial charge in [0.1, 0.15) is 10.7 Å². The number of anilines is 1. The zero-order valence-electron chi connectivity index (χ0n) is 16.6. The number of hydrogen-bond donors (Lipinski definition) is 3. The smallest absolute Gasteiger partial charge is 0.316 e. The predicted octanol–water partition coefficient (Wildman–Crippen LogP) is 3.98. The fraction of sp³-hybridized carbons (Fsp3) is 0.0909. The second kappa shape index (κ2) is 8.80. The summed E-state index contributed by atoms with van der Waals surface area (Å²) in [5.41, 5.74) is 8.75. The summed E-state index contributed by atoms with van der Waals surface area (Å²) in [4.78, 5) is 28.0. The molecule has 0 radical (unpaired) electrons. The number of para-hydroxylation sites is 1. The van der Waals surface area contributed by atoms with E-state index in [4.69, 9.17) is 5.73 Å². The number of urea groups is 1. The van der Waals surface area contributed by atoms with E-state index in [1.807, 2.05) is 55.6 Å². The van der Waals surface area contributed by atoms with Crippen LogP contribution in [0, 0.1) is 0 Å². The minimum atomic E-state index is -0.622. The van der Waals surface area contributed by atoms with Gasteiger partial charge in [0.05, 0.1) is 17.9 Å². The van der Waals surface area contributed by atoms with Gasteiger partial charge in [-0.3, -0.25) is 4.79 Å². The first kappa shape index (κ1) is 20.3. The van der Waals surface area contributed by atoms with Crippen molar-refractivity contribution in [3.63, 3.8) is 0 Å². The number of nitrogens with two attached hydrogens (primary N) is 1. The molecule has 0 aliphatic heterocycles. The summed E-state index contributed by atoms with van der Waals surface area (Å²) < 4.78 is 1.77. The average Bonchev–Trinajstić information content (AvgIpc) is 3.44. The summed E-state index contributed by atoms with van der Waals surface area (Å²) >= 11 is 1.39. The Morgan fingerprint density at radius 2 is 1.84 bits per heavy atom. The minimum absolute atomic E-state index is 0.235. The molecule has 0 aliphatic carbocycles. The highest BCUT2D eigenvalue weighted by atomic mass is 32.1. The van der Waals surface area contributed by atoms with Crippen molar-refractivity contribution in [2.24, 2.45) is 5.73 Å². The van der Waals surface area contributed by atoms with Gasteiger partial charge in [-0.25, -0.2) is 14.5 Å². The number of thiazole rings is 1. The quantitative estimate of drug-likeness (QED) is 0.427. The zero-order chi connectivity index (χ0) is 21.8. The maximum atomic E-state index is 12.7. The van der Waals surface area contributed by atoms with E-state index in [2.05, 4.69) is 20.7 Å². The number of hydrogen-bond acceptors (Lipinski definition) is 5. The van der Waals surface area contributed by atoms with Crippen molar-refractivity contribution < 1.29 is 9.59 Å². The largest absolute Gasteiger partial charge is 0.351 e. The maximum Gasteiger partial charge on any atom is 0.316 e. The Morgan fingerprint density at radius 1 is 1.10 bits per heavy atom. The van der Waals surface area contributed by atoms with Crippen LogP contribution in [0.15, 0.2) is 72.4 Å².